The number of nitrogens with zero attached hydrogens (tertiary/aromatic N) is 1. The maximum atomic E-state index is 12.1. The van der Waals surface area contributed by atoms with Gasteiger partial charge in [0.1, 0.15) is 6.61 Å². The van der Waals surface area contributed by atoms with Gasteiger partial charge >= 0.3 is 12.1 Å². The van der Waals surface area contributed by atoms with Crippen molar-refractivity contribution in [3.8, 4) is 0 Å². The number of ether oxygens (including phenoxy) is 1. The third-order valence-corrected chi connectivity index (χ3v) is 4.72. The second kappa shape index (κ2) is 8.68. The largest absolute Gasteiger partial charge is 0.481 e. The molecule has 1 aromatic carbocycles. The van der Waals surface area contributed by atoms with Crippen LogP contribution in [-0.4, -0.2) is 46.7 Å². The Morgan fingerprint density at radius 2 is 2.09 bits per heavy atom. The van der Waals surface area contributed by atoms with Crippen molar-refractivity contribution in [2.75, 3.05) is 24.6 Å². The fraction of sp³-hybridized carbons (Fsp3) is 0.500. The number of hydrogen-bond donors (Lipinski definition) is 1. The summed E-state index contributed by atoms with van der Waals surface area (Å²) in [6, 6.07) is 9.61. The average Bonchev–Trinajstić information content (AvgIpc) is 2.53. The van der Waals surface area contributed by atoms with E-state index in [0.29, 0.717) is 19.0 Å². The first-order chi connectivity index (χ1) is 10.6. The highest BCUT2D eigenvalue weighted by Crippen LogP contribution is 2.21. The normalized spacial score (nSPS) is 18.0. The summed E-state index contributed by atoms with van der Waals surface area (Å²) in [4.78, 5) is 24.4. The first-order valence-corrected chi connectivity index (χ1v) is 8.56. The summed E-state index contributed by atoms with van der Waals surface area (Å²) in [5, 5.41) is 8.66. The molecule has 1 heterocycles. The number of amides is 1. The van der Waals surface area contributed by atoms with E-state index in [1.807, 2.05) is 30.3 Å². The topological polar surface area (TPSA) is 66.8 Å². The third-order valence-electron chi connectivity index (χ3n) is 3.56. The van der Waals surface area contributed by atoms with Crippen LogP contribution in [0.4, 0.5) is 4.79 Å². The first kappa shape index (κ1) is 16.7. The SMILES string of the molecule is O=C(O)CSCC1CCCN(C(=O)OCc2ccccc2)C1. The molecule has 0 bridgehead atoms. The van der Waals surface area contributed by atoms with Crippen LogP contribution < -0.4 is 0 Å². The number of carbonyl (C=O) groups excluding carboxylic acids is 1. The van der Waals surface area contributed by atoms with Crippen LogP contribution in [0.1, 0.15) is 18.4 Å². The smallest absolute Gasteiger partial charge is 0.410 e. The van der Waals surface area contributed by atoms with Crippen LogP contribution in [0, 0.1) is 5.92 Å². The molecule has 0 saturated carbocycles. The highest BCUT2D eigenvalue weighted by molar-refractivity contribution is 7.99. The molecule has 0 aromatic heterocycles. The van der Waals surface area contributed by atoms with Gasteiger partial charge in [-0.25, -0.2) is 4.79 Å². The fourth-order valence-corrected chi connectivity index (χ4v) is 3.39. The van der Waals surface area contributed by atoms with Crippen molar-refractivity contribution in [1.29, 1.82) is 0 Å². The van der Waals surface area contributed by atoms with Gasteiger partial charge < -0.3 is 14.7 Å². The van der Waals surface area contributed by atoms with Crippen LogP contribution in [0.25, 0.3) is 0 Å². The van der Waals surface area contributed by atoms with Crippen LogP contribution in [0.3, 0.4) is 0 Å². The van der Waals surface area contributed by atoms with Crippen LogP contribution in [0.5, 0.6) is 0 Å². The minimum Gasteiger partial charge on any atom is -0.481 e. The van der Waals surface area contributed by atoms with Crippen molar-refractivity contribution < 1.29 is 19.4 Å². The van der Waals surface area contributed by atoms with E-state index in [4.69, 9.17) is 9.84 Å². The van der Waals surface area contributed by atoms with Gasteiger partial charge in [-0.1, -0.05) is 30.3 Å². The van der Waals surface area contributed by atoms with E-state index in [9.17, 15) is 9.59 Å². The zero-order valence-corrected chi connectivity index (χ0v) is 13.3. The van der Waals surface area contributed by atoms with Gasteiger partial charge in [0, 0.05) is 13.1 Å². The number of carboxylic acid groups (broad SMARTS) is 1. The molecule has 0 spiro atoms. The van der Waals surface area contributed by atoms with Gasteiger partial charge in [-0.3, -0.25) is 4.79 Å². The molecule has 6 heteroatoms. The number of likely N-dealkylation sites (tertiary alicyclic amines) is 1. The Morgan fingerprint density at radius 1 is 1.32 bits per heavy atom. The molecule has 1 aliphatic rings. The molecular formula is C16H21NO4S. The molecule has 1 atom stereocenters. The molecule has 1 amide bonds. The van der Waals surface area contributed by atoms with E-state index >= 15 is 0 Å². The predicted octanol–water partition coefficient (Wildman–Crippen LogP) is 2.85. The zero-order valence-electron chi connectivity index (χ0n) is 12.4. The number of carbonyl (C=O) groups is 2. The Balaban J connectivity index is 1.73. The lowest BCUT2D eigenvalue weighted by Crippen LogP contribution is -2.40. The van der Waals surface area contributed by atoms with Crippen molar-refractivity contribution in [1.82, 2.24) is 4.90 Å². The minimum absolute atomic E-state index is 0.120. The quantitative estimate of drug-likeness (QED) is 0.872. The zero-order chi connectivity index (χ0) is 15.8. The minimum atomic E-state index is -0.792. The van der Waals surface area contributed by atoms with Gasteiger partial charge in [-0.15, -0.1) is 11.8 Å². The number of benzene rings is 1. The molecule has 1 N–H and O–H groups in total. The maximum absolute atomic E-state index is 12.1. The van der Waals surface area contributed by atoms with E-state index in [0.717, 1.165) is 24.2 Å². The van der Waals surface area contributed by atoms with Crippen LogP contribution in [0.15, 0.2) is 30.3 Å². The lowest BCUT2D eigenvalue weighted by atomic mass is 10.0. The van der Waals surface area contributed by atoms with Gasteiger partial charge in [-0.05, 0) is 30.1 Å². The summed E-state index contributed by atoms with van der Waals surface area (Å²) in [6.07, 6.45) is 1.70. The van der Waals surface area contributed by atoms with Crippen molar-refractivity contribution in [2.24, 2.45) is 5.92 Å². The Labute approximate surface area is 134 Å². The molecule has 0 radical (unpaired) electrons. The predicted molar refractivity (Wildman–Crippen MR) is 85.9 cm³/mol. The highest BCUT2D eigenvalue weighted by atomic mass is 32.2. The number of thioether (sulfide) groups is 1. The molecule has 1 aliphatic heterocycles. The summed E-state index contributed by atoms with van der Waals surface area (Å²) in [7, 11) is 0. The summed E-state index contributed by atoms with van der Waals surface area (Å²) in [5.74, 6) is 0.450. The van der Waals surface area contributed by atoms with E-state index in [1.54, 1.807) is 4.90 Å². The summed E-state index contributed by atoms with van der Waals surface area (Å²) in [5.41, 5.74) is 0.974. The van der Waals surface area contributed by atoms with E-state index in [2.05, 4.69) is 0 Å². The molecule has 5 nitrogen and oxygen atoms in total. The lowest BCUT2D eigenvalue weighted by molar-refractivity contribution is -0.133. The average molecular weight is 323 g/mol. The Bertz CT molecular complexity index is 494. The maximum Gasteiger partial charge on any atom is 0.410 e. The van der Waals surface area contributed by atoms with Crippen LogP contribution in [-0.2, 0) is 16.1 Å². The van der Waals surface area contributed by atoms with Gasteiger partial charge in [0.05, 0.1) is 5.75 Å². The standard InChI is InChI=1S/C16H21NO4S/c18-15(19)12-22-11-14-7-4-8-17(9-14)16(20)21-10-13-5-2-1-3-6-13/h1-3,5-6,14H,4,7-12H2,(H,18,19). The van der Waals surface area contributed by atoms with Crippen molar-refractivity contribution in [2.45, 2.75) is 19.4 Å². The molecular weight excluding hydrogens is 302 g/mol. The Morgan fingerprint density at radius 3 is 2.82 bits per heavy atom. The summed E-state index contributed by atoms with van der Waals surface area (Å²) >= 11 is 1.41. The van der Waals surface area contributed by atoms with Crippen molar-refractivity contribution in [3.05, 3.63) is 35.9 Å². The molecule has 120 valence electrons. The number of carboxylic acids is 1. The molecule has 0 aliphatic carbocycles. The Kier molecular flexibility index (Phi) is 6.58. The van der Waals surface area contributed by atoms with Gasteiger partial charge in [0.15, 0.2) is 0 Å². The summed E-state index contributed by atoms with van der Waals surface area (Å²) < 4.78 is 5.34. The lowest BCUT2D eigenvalue weighted by Gasteiger charge is -2.31. The fourth-order valence-electron chi connectivity index (χ4n) is 2.49. The Hall–Kier alpha value is -1.69. The van der Waals surface area contributed by atoms with Gasteiger partial charge in [0.2, 0.25) is 0 Å². The molecule has 1 unspecified atom stereocenters. The highest BCUT2D eigenvalue weighted by Gasteiger charge is 2.24. The number of rotatable bonds is 6. The number of aliphatic carboxylic acids is 1. The second-order valence-corrected chi connectivity index (χ2v) is 6.43. The summed E-state index contributed by atoms with van der Waals surface area (Å²) in [6.45, 7) is 1.66. The molecule has 1 saturated heterocycles. The van der Waals surface area contributed by atoms with Crippen LogP contribution in [0.2, 0.25) is 0 Å². The monoisotopic (exact) mass is 323 g/mol. The third kappa shape index (κ3) is 5.60. The molecule has 22 heavy (non-hydrogen) atoms. The molecule has 1 fully saturated rings. The second-order valence-electron chi connectivity index (χ2n) is 5.40. The molecule has 2 rings (SSSR count). The number of hydrogen-bond acceptors (Lipinski definition) is 4. The first-order valence-electron chi connectivity index (χ1n) is 7.40. The van der Waals surface area contributed by atoms with Crippen molar-refractivity contribution in [3.63, 3.8) is 0 Å². The van der Waals surface area contributed by atoms with E-state index in [1.165, 1.54) is 11.8 Å². The van der Waals surface area contributed by atoms with E-state index < -0.39 is 5.97 Å². The van der Waals surface area contributed by atoms with Crippen LogP contribution >= 0.6 is 11.8 Å². The van der Waals surface area contributed by atoms with E-state index in [-0.39, 0.29) is 18.5 Å². The van der Waals surface area contributed by atoms with Gasteiger partial charge in [0.25, 0.3) is 0 Å². The van der Waals surface area contributed by atoms with Crippen molar-refractivity contribution >= 4 is 23.8 Å². The molecule has 1 aromatic rings. The number of piperidine rings is 1. The van der Waals surface area contributed by atoms with Gasteiger partial charge in [-0.2, -0.15) is 0 Å².